The molecule has 0 spiro atoms. The Kier molecular flexibility index (Phi) is 2.20. The highest BCUT2D eigenvalue weighted by atomic mass is 31.1. The van der Waals surface area contributed by atoms with Crippen LogP contribution in [0.3, 0.4) is 0 Å². The standard InChI is InChI=1S/C10H12NOP/c1-2-13-11(12)8-7-9-5-3-4-6-10(9)11/h2-6,13H,1,7-8H2. The minimum atomic E-state index is -0.195. The van der Waals surface area contributed by atoms with E-state index in [1.54, 1.807) is 5.82 Å². The second kappa shape index (κ2) is 3.22. The molecule has 3 heteroatoms. The van der Waals surface area contributed by atoms with Crippen LogP contribution in [-0.2, 0) is 6.42 Å². The summed E-state index contributed by atoms with van der Waals surface area (Å²) in [6.07, 6.45) is 0.903. The van der Waals surface area contributed by atoms with Gasteiger partial charge in [0.15, 0.2) is 0 Å². The highest BCUT2D eigenvalue weighted by molar-refractivity contribution is 7.41. The molecule has 13 heavy (non-hydrogen) atoms. The molecule has 0 N–H and O–H groups in total. The third kappa shape index (κ3) is 1.42. The van der Waals surface area contributed by atoms with E-state index in [1.807, 2.05) is 24.3 Å². The molecule has 1 aromatic rings. The van der Waals surface area contributed by atoms with E-state index < -0.39 is 0 Å². The summed E-state index contributed by atoms with van der Waals surface area (Å²) in [6.45, 7) is 4.31. The van der Waals surface area contributed by atoms with Gasteiger partial charge in [-0.15, -0.1) is 0 Å². The lowest BCUT2D eigenvalue weighted by molar-refractivity contribution is 0.641. The van der Waals surface area contributed by atoms with Gasteiger partial charge in [-0.25, -0.2) is 0 Å². The lowest BCUT2D eigenvalue weighted by atomic mass is 10.2. The van der Waals surface area contributed by atoms with Crippen molar-refractivity contribution in [2.24, 2.45) is 0 Å². The molecule has 1 heterocycles. The molecule has 68 valence electrons. The SMILES string of the molecule is C=CP[N+]1([O-])CCc2ccccc21. The molecule has 1 aliphatic heterocycles. The second-order valence-corrected chi connectivity index (χ2v) is 4.56. The van der Waals surface area contributed by atoms with E-state index in [9.17, 15) is 5.21 Å². The maximum atomic E-state index is 12.2. The van der Waals surface area contributed by atoms with E-state index in [0.717, 1.165) is 12.1 Å². The molecule has 0 radical (unpaired) electrons. The summed E-state index contributed by atoms with van der Waals surface area (Å²) in [5, 5.41) is 12.2. The molecule has 1 aliphatic rings. The molecule has 2 unspecified atom stereocenters. The summed E-state index contributed by atoms with van der Waals surface area (Å²) < 4.78 is -0.195. The number of rotatable bonds is 2. The Morgan fingerprint density at radius 2 is 2.23 bits per heavy atom. The lowest BCUT2D eigenvalue weighted by Gasteiger charge is -2.36. The first kappa shape index (κ1) is 8.89. The van der Waals surface area contributed by atoms with Crippen LogP contribution < -0.4 is 4.42 Å². The van der Waals surface area contributed by atoms with Gasteiger partial charge in [-0.2, -0.15) is 0 Å². The zero-order valence-corrected chi connectivity index (χ0v) is 8.36. The Morgan fingerprint density at radius 1 is 1.46 bits per heavy atom. The van der Waals surface area contributed by atoms with Crippen molar-refractivity contribution < 1.29 is 0 Å². The molecular weight excluding hydrogens is 181 g/mol. The minimum absolute atomic E-state index is 0.195. The predicted octanol–water partition coefficient (Wildman–Crippen LogP) is 2.78. The van der Waals surface area contributed by atoms with Crippen molar-refractivity contribution in [1.82, 2.24) is 4.42 Å². The fraction of sp³-hybridized carbons (Fsp3) is 0.200. The first-order chi connectivity index (χ1) is 6.26. The summed E-state index contributed by atoms with van der Waals surface area (Å²) >= 11 is 0. The Morgan fingerprint density at radius 3 is 3.00 bits per heavy atom. The van der Waals surface area contributed by atoms with Crippen molar-refractivity contribution in [2.45, 2.75) is 6.42 Å². The van der Waals surface area contributed by atoms with E-state index in [0.29, 0.717) is 6.54 Å². The first-order valence-corrected chi connectivity index (χ1v) is 5.35. The van der Waals surface area contributed by atoms with Gasteiger partial charge in [0, 0.05) is 12.0 Å². The number of nitrogens with zero attached hydrogens (tertiary/aromatic N) is 1. The molecule has 0 aliphatic carbocycles. The average Bonchev–Trinajstić information content (AvgIpc) is 2.46. The molecule has 0 amide bonds. The van der Waals surface area contributed by atoms with Gasteiger partial charge in [-0.3, -0.25) is 0 Å². The molecule has 0 aromatic heterocycles. The smallest absolute Gasteiger partial charge is 0.137 e. The monoisotopic (exact) mass is 193 g/mol. The molecular formula is C10H12NOP. The van der Waals surface area contributed by atoms with E-state index in [4.69, 9.17) is 0 Å². The van der Waals surface area contributed by atoms with Crippen LogP contribution >= 0.6 is 8.73 Å². The minimum Gasteiger partial charge on any atom is -0.626 e. The van der Waals surface area contributed by atoms with Crippen LogP contribution in [0.25, 0.3) is 0 Å². The van der Waals surface area contributed by atoms with Gasteiger partial charge in [0.2, 0.25) is 0 Å². The normalized spacial score (nSPS) is 26.5. The van der Waals surface area contributed by atoms with E-state index in [2.05, 4.69) is 6.58 Å². The van der Waals surface area contributed by atoms with Gasteiger partial charge in [0.25, 0.3) is 0 Å². The summed E-state index contributed by atoms with van der Waals surface area (Å²) in [4.78, 5) is 0. The molecule has 2 rings (SSSR count). The molecule has 0 saturated heterocycles. The number of hydrogen-bond acceptors (Lipinski definition) is 1. The number of para-hydroxylation sites is 1. The number of hydroxylamine groups is 1. The van der Waals surface area contributed by atoms with E-state index in [-0.39, 0.29) is 13.1 Å². The largest absolute Gasteiger partial charge is 0.626 e. The maximum absolute atomic E-state index is 12.2. The third-order valence-corrected chi connectivity index (χ3v) is 3.44. The summed E-state index contributed by atoms with van der Waals surface area (Å²) in [5.74, 6) is 1.73. The van der Waals surface area contributed by atoms with Crippen LogP contribution in [0.2, 0.25) is 0 Å². The molecule has 2 nitrogen and oxygen atoms in total. The summed E-state index contributed by atoms with van der Waals surface area (Å²) in [6, 6.07) is 7.90. The Balaban J connectivity index is 2.42. The first-order valence-electron chi connectivity index (χ1n) is 4.32. The number of benzene rings is 1. The zero-order valence-electron chi connectivity index (χ0n) is 7.36. The quantitative estimate of drug-likeness (QED) is 0.523. The van der Waals surface area contributed by atoms with Crippen LogP contribution in [0.5, 0.6) is 0 Å². The van der Waals surface area contributed by atoms with Crippen molar-refractivity contribution in [2.75, 3.05) is 6.54 Å². The Hall–Kier alpha value is -0.690. The van der Waals surface area contributed by atoms with Gasteiger partial charge in [-0.05, 0) is 11.9 Å². The summed E-state index contributed by atoms with van der Waals surface area (Å²) in [5.41, 5.74) is 2.13. The van der Waals surface area contributed by atoms with Crippen molar-refractivity contribution in [3.8, 4) is 0 Å². The summed E-state index contributed by atoms with van der Waals surface area (Å²) in [7, 11) is 0.234. The number of fused-ring (bicyclic) bond motifs is 1. The Bertz CT molecular complexity index is 339. The zero-order chi connectivity index (χ0) is 9.31. The van der Waals surface area contributed by atoms with Crippen molar-refractivity contribution in [1.29, 1.82) is 0 Å². The number of hydrogen-bond donors (Lipinski definition) is 0. The average molecular weight is 193 g/mol. The molecule has 0 saturated carbocycles. The highest BCUT2D eigenvalue weighted by Gasteiger charge is 2.29. The van der Waals surface area contributed by atoms with Gasteiger partial charge in [-0.1, -0.05) is 24.8 Å². The third-order valence-electron chi connectivity index (χ3n) is 2.38. The van der Waals surface area contributed by atoms with Gasteiger partial charge in [0.05, 0.1) is 6.54 Å². The predicted molar refractivity (Wildman–Crippen MR) is 58.7 cm³/mol. The Labute approximate surface area is 79.9 Å². The fourth-order valence-corrected chi connectivity index (χ4v) is 2.65. The second-order valence-electron chi connectivity index (χ2n) is 3.18. The number of quaternary nitrogens is 1. The molecule has 1 aromatic carbocycles. The lowest BCUT2D eigenvalue weighted by Crippen LogP contribution is -2.30. The van der Waals surface area contributed by atoms with Crippen LogP contribution in [0, 0.1) is 5.21 Å². The van der Waals surface area contributed by atoms with Gasteiger partial charge in [0.1, 0.15) is 14.4 Å². The van der Waals surface area contributed by atoms with Crippen LogP contribution in [0.15, 0.2) is 36.7 Å². The van der Waals surface area contributed by atoms with E-state index >= 15 is 0 Å². The van der Waals surface area contributed by atoms with Crippen LogP contribution in [-0.4, -0.2) is 6.54 Å². The van der Waals surface area contributed by atoms with Gasteiger partial charge >= 0.3 is 0 Å². The maximum Gasteiger partial charge on any atom is 0.137 e. The van der Waals surface area contributed by atoms with Gasteiger partial charge < -0.3 is 9.62 Å². The molecule has 0 bridgehead atoms. The van der Waals surface area contributed by atoms with Crippen molar-refractivity contribution in [3.05, 3.63) is 47.4 Å². The topological polar surface area (TPSA) is 23.1 Å². The van der Waals surface area contributed by atoms with Crippen LogP contribution in [0.4, 0.5) is 5.69 Å². The van der Waals surface area contributed by atoms with E-state index in [1.165, 1.54) is 5.56 Å². The molecule has 0 fully saturated rings. The highest BCUT2D eigenvalue weighted by Crippen LogP contribution is 2.43. The fourth-order valence-electron chi connectivity index (χ4n) is 1.75. The van der Waals surface area contributed by atoms with Crippen molar-refractivity contribution >= 4 is 14.4 Å². The molecule has 2 atom stereocenters. The van der Waals surface area contributed by atoms with Crippen LogP contribution in [0.1, 0.15) is 5.56 Å². The van der Waals surface area contributed by atoms with Crippen molar-refractivity contribution in [3.63, 3.8) is 0 Å².